The van der Waals surface area contributed by atoms with Gasteiger partial charge in [-0.05, 0) is 31.8 Å². The minimum Gasteiger partial charge on any atom is -0.316 e. The summed E-state index contributed by atoms with van der Waals surface area (Å²) in [5.74, 6) is 0.375. The quantitative estimate of drug-likeness (QED) is 0.587. The number of alkyl halides is 1. The van der Waals surface area contributed by atoms with Crippen LogP contribution < -0.4 is 5.32 Å². The molecule has 0 aromatic heterocycles. The van der Waals surface area contributed by atoms with Crippen molar-refractivity contribution in [2.45, 2.75) is 19.0 Å². The molecule has 1 saturated heterocycles. The van der Waals surface area contributed by atoms with Gasteiger partial charge in [0.15, 0.2) is 12.5 Å². The molecule has 1 aliphatic heterocycles. The molecule has 2 atom stereocenters. The molecule has 0 aromatic carbocycles. The first kappa shape index (κ1) is 7.66. The van der Waals surface area contributed by atoms with Crippen LogP contribution in [0.4, 0.5) is 4.39 Å². The number of hydrogen-bond donors (Lipinski definition) is 1. The van der Waals surface area contributed by atoms with Crippen molar-refractivity contribution in [3.05, 3.63) is 0 Å². The molecule has 2 unspecified atom stereocenters. The van der Waals surface area contributed by atoms with Gasteiger partial charge in [0.1, 0.15) is 0 Å². The molecule has 2 nitrogen and oxygen atoms in total. The van der Waals surface area contributed by atoms with Crippen LogP contribution in [0.2, 0.25) is 0 Å². The summed E-state index contributed by atoms with van der Waals surface area (Å²) in [4.78, 5) is 9.90. The lowest BCUT2D eigenvalue weighted by Gasteiger charge is -2.06. The number of hydrogen-bond acceptors (Lipinski definition) is 2. The number of carbonyl (C=O) groups is 1. The average Bonchev–Trinajstić information content (AvgIpc) is 2.40. The van der Waals surface area contributed by atoms with E-state index in [1.54, 1.807) is 0 Å². The highest BCUT2D eigenvalue weighted by Crippen LogP contribution is 2.14. The smallest absolute Gasteiger partial charge is 0.155 e. The molecule has 0 spiro atoms. The topological polar surface area (TPSA) is 29.1 Å². The second kappa shape index (κ2) is 3.66. The number of aldehydes is 1. The highest BCUT2D eigenvalue weighted by Gasteiger charge is 2.18. The molecule has 0 radical (unpaired) electrons. The van der Waals surface area contributed by atoms with Gasteiger partial charge in [0.25, 0.3) is 0 Å². The minimum atomic E-state index is -1.25. The van der Waals surface area contributed by atoms with E-state index in [1.165, 1.54) is 0 Å². The second-order valence-electron chi connectivity index (χ2n) is 2.75. The summed E-state index contributed by atoms with van der Waals surface area (Å²) in [5, 5.41) is 3.12. The molecule has 1 fully saturated rings. The first-order valence-corrected chi connectivity index (χ1v) is 3.63. The van der Waals surface area contributed by atoms with Gasteiger partial charge in [-0.15, -0.1) is 0 Å². The fraction of sp³-hybridized carbons (Fsp3) is 0.857. The third-order valence-electron chi connectivity index (χ3n) is 1.87. The van der Waals surface area contributed by atoms with E-state index in [4.69, 9.17) is 0 Å². The molecule has 0 saturated carbocycles. The highest BCUT2D eigenvalue weighted by molar-refractivity contribution is 5.55. The molecule has 1 heterocycles. The van der Waals surface area contributed by atoms with Crippen molar-refractivity contribution in [2.24, 2.45) is 5.92 Å². The van der Waals surface area contributed by atoms with Gasteiger partial charge in [-0.25, -0.2) is 4.39 Å². The fourth-order valence-corrected chi connectivity index (χ4v) is 1.29. The molecule has 0 bridgehead atoms. The minimum absolute atomic E-state index is 0.375. The standard InChI is InChI=1S/C7H12FNO/c8-7(5-10)3-6-1-2-9-4-6/h5-7,9H,1-4H2. The fourth-order valence-electron chi connectivity index (χ4n) is 1.29. The summed E-state index contributed by atoms with van der Waals surface area (Å²) in [7, 11) is 0. The molecular formula is C7H12FNO. The molecule has 10 heavy (non-hydrogen) atoms. The lowest BCUT2D eigenvalue weighted by molar-refractivity contribution is -0.112. The lowest BCUT2D eigenvalue weighted by atomic mass is 10.0. The molecule has 1 N–H and O–H groups in total. The summed E-state index contributed by atoms with van der Waals surface area (Å²) in [6.07, 6.45) is 0.549. The number of halogens is 1. The Labute approximate surface area is 59.8 Å². The van der Waals surface area contributed by atoms with Crippen LogP contribution >= 0.6 is 0 Å². The van der Waals surface area contributed by atoms with Crippen LogP contribution in [0.1, 0.15) is 12.8 Å². The Morgan fingerprint density at radius 1 is 1.80 bits per heavy atom. The van der Waals surface area contributed by atoms with Crippen LogP contribution in [0.3, 0.4) is 0 Å². The zero-order chi connectivity index (χ0) is 7.40. The molecular weight excluding hydrogens is 133 g/mol. The summed E-state index contributed by atoms with van der Waals surface area (Å²) in [5.41, 5.74) is 0. The van der Waals surface area contributed by atoms with Crippen LogP contribution in [0.5, 0.6) is 0 Å². The summed E-state index contributed by atoms with van der Waals surface area (Å²) < 4.78 is 12.4. The maximum atomic E-state index is 12.4. The third-order valence-corrected chi connectivity index (χ3v) is 1.87. The van der Waals surface area contributed by atoms with E-state index in [-0.39, 0.29) is 0 Å². The Bertz CT molecular complexity index is 112. The molecule has 58 valence electrons. The van der Waals surface area contributed by atoms with Crippen molar-refractivity contribution >= 4 is 6.29 Å². The highest BCUT2D eigenvalue weighted by atomic mass is 19.1. The van der Waals surface area contributed by atoms with Crippen molar-refractivity contribution in [2.75, 3.05) is 13.1 Å². The summed E-state index contributed by atoms with van der Waals surface area (Å²) in [6.45, 7) is 1.84. The Hall–Kier alpha value is -0.440. The van der Waals surface area contributed by atoms with Gasteiger partial charge in [0, 0.05) is 0 Å². The maximum Gasteiger partial charge on any atom is 0.155 e. The van der Waals surface area contributed by atoms with E-state index in [9.17, 15) is 9.18 Å². The lowest BCUT2D eigenvalue weighted by Crippen LogP contribution is -2.13. The normalized spacial score (nSPS) is 28.3. The number of carbonyl (C=O) groups excluding carboxylic acids is 1. The van der Waals surface area contributed by atoms with E-state index >= 15 is 0 Å². The Morgan fingerprint density at radius 3 is 3.10 bits per heavy atom. The molecule has 0 aliphatic carbocycles. The van der Waals surface area contributed by atoms with Gasteiger partial charge in [-0.1, -0.05) is 0 Å². The molecule has 0 aromatic rings. The third kappa shape index (κ3) is 2.06. The van der Waals surface area contributed by atoms with E-state index in [0.717, 1.165) is 19.5 Å². The molecule has 1 rings (SSSR count). The average molecular weight is 145 g/mol. The zero-order valence-corrected chi connectivity index (χ0v) is 5.85. The molecule has 3 heteroatoms. The van der Waals surface area contributed by atoms with Crippen LogP contribution in [-0.4, -0.2) is 25.5 Å². The second-order valence-corrected chi connectivity index (χ2v) is 2.75. The predicted molar refractivity (Wildman–Crippen MR) is 36.6 cm³/mol. The largest absolute Gasteiger partial charge is 0.316 e. The summed E-state index contributed by atoms with van der Waals surface area (Å²) >= 11 is 0. The van der Waals surface area contributed by atoms with Gasteiger partial charge < -0.3 is 10.1 Å². The first-order valence-electron chi connectivity index (χ1n) is 3.63. The van der Waals surface area contributed by atoms with Crippen LogP contribution in [0, 0.1) is 5.92 Å². The van der Waals surface area contributed by atoms with E-state index in [2.05, 4.69) is 5.32 Å². The van der Waals surface area contributed by atoms with Crippen molar-refractivity contribution in [3.63, 3.8) is 0 Å². The summed E-state index contributed by atoms with van der Waals surface area (Å²) in [6, 6.07) is 0. The van der Waals surface area contributed by atoms with Gasteiger partial charge in [0.05, 0.1) is 0 Å². The van der Waals surface area contributed by atoms with Gasteiger partial charge in [0.2, 0.25) is 0 Å². The van der Waals surface area contributed by atoms with E-state index in [0.29, 0.717) is 18.6 Å². The number of nitrogens with one attached hydrogen (secondary N) is 1. The zero-order valence-electron chi connectivity index (χ0n) is 5.85. The van der Waals surface area contributed by atoms with Crippen LogP contribution in [-0.2, 0) is 4.79 Å². The predicted octanol–water partition coefficient (Wildman–Crippen LogP) is 0.523. The van der Waals surface area contributed by atoms with Gasteiger partial charge in [-0.2, -0.15) is 0 Å². The first-order chi connectivity index (χ1) is 4.83. The van der Waals surface area contributed by atoms with Crippen molar-refractivity contribution in [1.82, 2.24) is 5.32 Å². The molecule has 1 aliphatic rings. The Balaban J connectivity index is 2.17. The van der Waals surface area contributed by atoms with Crippen molar-refractivity contribution in [3.8, 4) is 0 Å². The van der Waals surface area contributed by atoms with E-state index in [1.807, 2.05) is 0 Å². The van der Waals surface area contributed by atoms with Crippen molar-refractivity contribution in [1.29, 1.82) is 0 Å². The Kier molecular flexibility index (Phi) is 2.81. The monoisotopic (exact) mass is 145 g/mol. The van der Waals surface area contributed by atoms with Gasteiger partial charge >= 0.3 is 0 Å². The SMILES string of the molecule is O=CC(F)CC1CCNC1. The van der Waals surface area contributed by atoms with Crippen molar-refractivity contribution < 1.29 is 9.18 Å². The van der Waals surface area contributed by atoms with E-state index < -0.39 is 6.17 Å². The number of rotatable bonds is 3. The van der Waals surface area contributed by atoms with Crippen LogP contribution in [0.25, 0.3) is 0 Å². The maximum absolute atomic E-state index is 12.4. The van der Waals surface area contributed by atoms with Crippen LogP contribution in [0.15, 0.2) is 0 Å². The molecule has 0 amide bonds. The Morgan fingerprint density at radius 2 is 2.60 bits per heavy atom. The van der Waals surface area contributed by atoms with Gasteiger partial charge in [-0.3, -0.25) is 0 Å².